The molecule has 2 aliphatic rings. The standard InChI is InChI=1S/C23H29N7O3S/c1-17-14-20(30(27-17)18-6-3-2-4-7-18)24-21(31)16-34-23-26-25-22(28-9-12-32-13-10-28)29(23)15-19-8-5-11-33-19/h2-4,6-7,14,19H,5,8-13,15-16H2,1H3,(H,24,31). The number of ether oxygens (including phenoxy) is 2. The summed E-state index contributed by atoms with van der Waals surface area (Å²) in [6, 6.07) is 11.6. The van der Waals surface area contributed by atoms with Crippen molar-refractivity contribution in [2.75, 3.05) is 48.9 Å². The Balaban J connectivity index is 1.28. The van der Waals surface area contributed by atoms with Crippen LogP contribution in [0, 0.1) is 6.92 Å². The lowest BCUT2D eigenvalue weighted by atomic mass is 10.2. The number of thioether (sulfide) groups is 1. The molecule has 1 unspecified atom stereocenters. The third-order valence-corrected chi connectivity index (χ3v) is 6.80. The normalized spacial score (nSPS) is 18.4. The average molecular weight is 484 g/mol. The van der Waals surface area contributed by atoms with Crippen LogP contribution in [0.15, 0.2) is 41.6 Å². The molecule has 34 heavy (non-hydrogen) atoms. The zero-order valence-electron chi connectivity index (χ0n) is 19.2. The SMILES string of the molecule is Cc1cc(NC(=O)CSc2nnc(N3CCOCC3)n2CC2CCCO2)n(-c2ccccc2)n1. The average Bonchev–Trinajstić information content (AvgIpc) is 3.60. The predicted molar refractivity (Wildman–Crippen MR) is 130 cm³/mol. The highest BCUT2D eigenvalue weighted by Gasteiger charge is 2.25. The molecule has 3 aromatic rings. The lowest BCUT2D eigenvalue weighted by Gasteiger charge is -2.28. The summed E-state index contributed by atoms with van der Waals surface area (Å²) in [7, 11) is 0. The van der Waals surface area contributed by atoms with E-state index < -0.39 is 0 Å². The number of carbonyl (C=O) groups excluding carboxylic acids is 1. The highest BCUT2D eigenvalue weighted by atomic mass is 32.2. The monoisotopic (exact) mass is 483 g/mol. The van der Waals surface area contributed by atoms with Crippen molar-refractivity contribution in [1.82, 2.24) is 24.5 Å². The van der Waals surface area contributed by atoms with Gasteiger partial charge in [0, 0.05) is 25.8 Å². The van der Waals surface area contributed by atoms with Gasteiger partial charge in [-0.05, 0) is 31.9 Å². The topological polar surface area (TPSA) is 99.3 Å². The van der Waals surface area contributed by atoms with Crippen molar-refractivity contribution in [3.8, 4) is 5.69 Å². The van der Waals surface area contributed by atoms with E-state index in [-0.39, 0.29) is 17.8 Å². The number of nitrogens with zero attached hydrogens (tertiary/aromatic N) is 6. The number of hydrogen-bond donors (Lipinski definition) is 1. The van der Waals surface area contributed by atoms with E-state index >= 15 is 0 Å². The van der Waals surface area contributed by atoms with Crippen molar-refractivity contribution in [3.63, 3.8) is 0 Å². The van der Waals surface area contributed by atoms with Crippen LogP contribution in [0.1, 0.15) is 18.5 Å². The molecule has 11 heteroatoms. The van der Waals surface area contributed by atoms with E-state index in [0.717, 1.165) is 55.0 Å². The molecule has 2 fully saturated rings. The van der Waals surface area contributed by atoms with Gasteiger partial charge in [0.25, 0.3) is 0 Å². The Morgan fingerprint density at radius 1 is 1.18 bits per heavy atom. The van der Waals surface area contributed by atoms with Crippen LogP contribution in [0.4, 0.5) is 11.8 Å². The fourth-order valence-corrected chi connectivity index (χ4v) is 4.94. The first-order chi connectivity index (χ1) is 16.7. The molecule has 0 saturated carbocycles. The molecule has 5 rings (SSSR count). The second-order valence-corrected chi connectivity index (χ2v) is 9.33. The Morgan fingerprint density at radius 3 is 2.76 bits per heavy atom. The second-order valence-electron chi connectivity index (χ2n) is 8.38. The minimum absolute atomic E-state index is 0.123. The minimum atomic E-state index is -0.123. The van der Waals surface area contributed by atoms with Crippen molar-refractivity contribution in [1.29, 1.82) is 0 Å². The number of nitrogens with one attached hydrogen (secondary N) is 1. The summed E-state index contributed by atoms with van der Waals surface area (Å²) in [6.45, 7) is 6.28. The van der Waals surface area contributed by atoms with Crippen LogP contribution in [-0.4, -0.2) is 75.2 Å². The van der Waals surface area contributed by atoms with E-state index in [1.54, 1.807) is 4.68 Å². The van der Waals surface area contributed by atoms with E-state index in [9.17, 15) is 4.79 Å². The van der Waals surface area contributed by atoms with Crippen molar-refractivity contribution >= 4 is 29.4 Å². The van der Waals surface area contributed by atoms with Crippen molar-refractivity contribution in [2.45, 2.75) is 37.6 Å². The van der Waals surface area contributed by atoms with Gasteiger partial charge in [-0.2, -0.15) is 5.10 Å². The number of para-hydroxylation sites is 1. The number of anilines is 2. The van der Waals surface area contributed by atoms with E-state index in [1.807, 2.05) is 43.3 Å². The van der Waals surface area contributed by atoms with E-state index in [1.165, 1.54) is 11.8 Å². The van der Waals surface area contributed by atoms with Crippen molar-refractivity contribution in [3.05, 3.63) is 42.1 Å². The molecule has 2 aliphatic heterocycles. The molecule has 1 atom stereocenters. The minimum Gasteiger partial charge on any atom is -0.378 e. The molecule has 1 N–H and O–H groups in total. The van der Waals surface area contributed by atoms with Crippen molar-refractivity contribution < 1.29 is 14.3 Å². The van der Waals surface area contributed by atoms with Crippen LogP contribution in [0.25, 0.3) is 5.69 Å². The lowest BCUT2D eigenvalue weighted by molar-refractivity contribution is -0.113. The van der Waals surface area contributed by atoms with Crippen LogP contribution in [-0.2, 0) is 20.8 Å². The molecule has 1 aromatic carbocycles. The Bertz CT molecular complexity index is 1110. The van der Waals surface area contributed by atoms with Gasteiger partial charge in [0.15, 0.2) is 5.16 Å². The smallest absolute Gasteiger partial charge is 0.236 e. The van der Waals surface area contributed by atoms with Gasteiger partial charge >= 0.3 is 0 Å². The highest BCUT2D eigenvalue weighted by molar-refractivity contribution is 7.99. The molecule has 0 bridgehead atoms. The number of carbonyl (C=O) groups is 1. The number of benzene rings is 1. The van der Waals surface area contributed by atoms with Gasteiger partial charge < -0.3 is 19.7 Å². The van der Waals surface area contributed by atoms with Gasteiger partial charge in [-0.3, -0.25) is 9.36 Å². The van der Waals surface area contributed by atoms with Crippen LogP contribution in [0.2, 0.25) is 0 Å². The number of morpholine rings is 1. The van der Waals surface area contributed by atoms with E-state index in [4.69, 9.17) is 9.47 Å². The largest absolute Gasteiger partial charge is 0.378 e. The lowest BCUT2D eigenvalue weighted by Crippen LogP contribution is -2.38. The maximum atomic E-state index is 12.9. The molecule has 10 nitrogen and oxygen atoms in total. The molecular weight excluding hydrogens is 454 g/mol. The molecule has 4 heterocycles. The Hall–Kier alpha value is -2.89. The summed E-state index contributed by atoms with van der Waals surface area (Å²) < 4.78 is 15.2. The maximum Gasteiger partial charge on any atom is 0.236 e. The first-order valence-electron chi connectivity index (χ1n) is 11.6. The third kappa shape index (κ3) is 5.26. The van der Waals surface area contributed by atoms with Gasteiger partial charge in [0.1, 0.15) is 5.82 Å². The first-order valence-corrected chi connectivity index (χ1v) is 12.6. The zero-order chi connectivity index (χ0) is 23.3. The van der Waals surface area contributed by atoms with E-state index in [2.05, 4.69) is 30.1 Å². The molecule has 2 aromatic heterocycles. The molecule has 2 saturated heterocycles. The van der Waals surface area contributed by atoms with Crippen LogP contribution in [0.3, 0.4) is 0 Å². The summed E-state index contributed by atoms with van der Waals surface area (Å²) >= 11 is 1.39. The quantitative estimate of drug-likeness (QED) is 0.488. The number of aromatic nitrogens is 5. The van der Waals surface area contributed by atoms with Gasteiger partial charge in [-0.15, -0.1) is 10.2 Å². The molecule has 180 valence electrons. The third-order valence-electron chi connectivity index (χ3n) is 5.83. The summed E-state index contributed by atoms with van der Waals surface area (Å²) in [5.41, 5.74) is 1.73. The second kappa shape index (κ2) is 10.6. The molecule has 0 radical (unpaired) electrons. The van der Waals surface area contributed by atoms with Gasteiger partial charge in [-0.25, -0.2) is 4.68 Å². The summed E-state index contributed by atoms with van der Waals surface area (Å²) in [4.78, 5) is 15.1. The van der Waals surface area contributed by atoms with Gasteiger partial charge in [-0.1, -0.05) is 30.0 Å². The molecule has 0 spiro atoms. The molecule has 0 aliphatic carbocycles. The number of amides is 1. The molecule has 1 amide bonds. The number of hydrogen-bond acceptors (Lipinski definition) is 8. The first kappa shape index (κ1) is 22.9. The molecular formula is C23H29N7O3S. The van der Waals surface area contributed by atoms with Crippen LogP contribution in [0.5, 0.6) is 0 Å². The Labute approximate surface area is 202 Å². The van der Waals surface area contributed by atoms with Crippen LogP contribution < -0.4 is 10.2 Å². The van der Waals surface area contributed by atoms with Crippen molar-refractivity contribution in [2.24, 2.45) is 0 Å². The fourth-order valence-electron chi connectivity index (χ4n) is 4.20. The summed E-state index contributed by atoms with van der Waals surface area (Å²) in [5, 5.41) is 17.1. The maximum absolute atomic E-state index is 12.9. The number of aryl methyl sites for hydroxylation is 1. The Kier molecular flexibility index (Phi) is 7.12. The van der Waals surface area contributed by atoms with Gasteiger partial charge in [0.05, 0.1) is 43.0 Å². The summed E-state index contributed by atoms with van der Waals surface area (Å²) in [5.74, 6) is 1.55. The van der Waals surface area contributed by atoms with Gasteiger partial charge in [0.2, 0.25) is 11.9 Å². The summed E-state index contributed by atoms with van der Waals surface area (Å²) in [6.07, 6.45) is 2.24. The predicted octanol–water partition coefficient (Wildman–Crippen LogP) is 2.52. The Morgan fingerprint density at radius 2 is 2.00 bits per heavy atom. The number of rotatable bonds is 8. The van der Waals surface area contributed by atoms with Crippen LogP contribution >= 0.6 is 11.8 Å². The van der Waals surface area contributed by atoms with E-state index in [0.29, 0.717) is 25.6 Å². The fraction of sp³-hybridized carbons (Fsp3) is 0.478. The highest BCUT2D eigenvalue weighted by Crippen LogP contribution is 2.26. The zero-order valence-corrected chi connectivity index (χ0v) is 20.0.